The first-order valence-electron chi connectivity index (χ1n) is 6.75. The molecule has 0 fully saturated rings. The lowest BCUT2D eigenvalue weighted by Crippen LogP contribution is -2.05. The van der Waals surface area contributed by atoms with E-state index in [4.69, 9.17) is 9.84 Å². The summed E-state index contributed by atoms with van der Waals surface area (Å²) in [4.78, 5) is 15.3. The molecule has 3 aromatic rings. The Balaban J connectivity index is 0.00000176. The van der Waals surface area contributed by atoms with Crippen LogP contribution in [0.4, 0.5) is 0 Å². The summed E-state index contributed by atoms with van der Waals surface area (Å²) in [5.74, 6) is -0.0538. The van der Waals surface area contributed by atoms with Gasteiger partial charge in [0.05, 0.1) is 30.3 Å². The Kier molecular flexibility index (Phi) is 4.56. The molecule has 2 aromatic heterocycles. The first kappa shape index (κ1) is 16.1. The lowest BCUT2D eigenvalue weighted by Gasteiger charge is -2.07. The summed E-state index contributed by atoms with van der Waals surface area (Å²) in [7, 11) is 1.62. The highest BCUT2D eigenvalue weighted by atomic mass is 35.5. The van der Waals surface area contributed by atoms with Gasteiger partial charge in [-0.05, 0) is 25.1 Å². The molecule has 0 aliphatic rings. The van der Waals surface area contributed by atoms with Crippen LogP contribution in [0.15, 0.2) is 30.5 Å². The number of hydrogen-bond donors (Lipinski definition) is 1. The fourth-order valence-electron chi connectivity index (χ4n) is 2.77. The number of aryl methyl sites for hydroxylation is 2. The van der Waals surface area contributed by atoms with Gasteiger partial charge in [0.1, 0.15) is 5.75 Å². The number of benzene rings is 1. The van der Waals surface area contributed by atoms with Crippen LogP contribution in [0.3, 0.4) is 0 Å². The van der Waals surface area contributed by atoms with Crippen LogP contribution in [0.25, 0.3) is 21.8 Å². The predicted molar refractivity (Wildman–Crippen MR) is 88.0 cm³/mol. The van der Waals surface area contributed by atoms with E-state index in [1.54, 1.807) is 13.3 Å². The van der Waals surface area contributed by atoms with Gasteiger partial charge in [-0.15, -0.1) is 12.4 Å². The lowest BCUT2D eigenvalue weighted by molar-refractivity contribution is -0.137. The van der Waals surface area contributed by atoms with Gasteiger partial charge in [0, 0.05) is 29.6 Å². The summed E-state index contributed by atoms with van der Waals surface area (Å²) in [6.45, 7) is 2.35. The van der Waals surface area contributed by atoms with Crippen molar-refractivity contribution in [2.45, 2.75) is 19.9 Å². The quantitative estimate of drug-likeness (QED) is 0.800. The highest BCUT2D eigenvalue weighted by Gasteiger charge is 2.14. The molecule has 1 N–H and O–H groups in total. The maximum absolute atomic E-state index is 10.9. The van der Waals surface area contributed by atoms with Crippen molar-refractivity contribution < 1.29 is 14.6 Å². The molecule has 3 rings (SSSR count). The molecule has 116 valence electrons. The number of fused-ring (bicyclic) bond motifs is 3. The smallest absolute Gasteiger partial charge is 0.305 e. The molecule has 6 heteroatoms. The molecule has 2 heterocycles. The average molecular weight is 321 g/mol. The van der Waals surface area contributed by atoms with Crippen molar-refractivity contribution in [3.05, 3.63) is 36.2 Å². The van der Waals surface area contributed by atoms with E-state index in [9.17, 15) is 4.79 Å². The molecule has 0 saturated heterocycles. The molecule has 1 aromatic carbocycles. The molecule has 0 amide bonds. The van der Waals surface area contributed by atoms with Gasteiger partial charge in [-0.25, -0.2) is 0 Å². The zero-order chi connectivity index (χ0) is 15.0. The molecule has 22 heavy (non-hydrogen) atoms. The molecule has 0 radical (unpaired) electrons. The van der Waals surface area contributed by atoms with Crippen LogP contribution >= 0.6 is 12.4 Å². The maximum atomic E-state index is 10.9. The molecular formula is C16H17ClN2O3. The van der Waals surface area contributed by atoms with Gasteiger partial charge in [-0.3, -0.25) is 9.78 Å². The number of aliphatic carboxylic acids is 1. The first-order chi connectivity index (χ1) is 10.1. The van der Waals surface area contributed by atoms with Gasteiger partial charge in [0.25, 0.3) is 0 Å². The molecule has 0 atom stereocenters. The van der Waals surface area contributed by atoms with Gasteiger partial charge < -0.3 is 14.4 Å². The van der Waals surface area contributed by atoms with Crippen molar-refractivity contribution in [1.29, 1.82) is 0 Å². The van der Waals surface area contributed by atoms with Gasteiger partial charge in [-0.1, -0.05) is 0 Å². The first-order valence-corrected chi connectivity index (χ1v) is 6.75. The fourth-order valence-corrected chi connectivity index (χ4v) is 2.77. The Labute approximate surface area is 133 Å². The molecule has 0 bridgehead atoms. The van der Waals surface area contributed by atoms with E-state index in [0.29, 0.717) is 6.54 Å². The minimum absolute atomic E-state index is 0. The van der Waals surface area contributed by atoms with Gasteiger partial charge >= 0.3 is 5.97 Å². The Bertz CT molecular complexity index is 842. The third-order valence-corrected chi connectivity index (χ3v) is 3.71. The number of methoxy groups -OCH3 is 1. The normalized spacial score (nSPS) is 10.6. The number of ether oxygens (including phenoxy) is 1. The third kappa shape index (κ3) is 2.60. The second-order valence-corrected chi connectivity index (χ2v) is 4.97. The number of carboxylic acid groups (broad SMARTS) is 1. The van der Waals surface area contributed by atoms with E-state index in [-0.39, 0.29) is 18.8 Å². The van der Waals surface area contributed by atoms with Crippen LogP contribution in [0.2, 0.25) is 0 Å². The van der Waals surface area contributed by atoms with E-state index < -0.39 is 5.97 Å². The second-order valence-electron chi connectivity index (χ2n) is 4.97. The van der Waals surface area contributed by atoms with Crippen molar-refractivity contribution in [3.63, 3.8) is 0 Å². The van der Waals surface area contributed by atoms with E-state index in [0.717, 1.165) is 33.2 Å². The minimum atomic E-state index is -0.811. The number of carbonyl (C=O) groups is 1. The maximum Gasteiger partial charge on any atom is 0.305 e. The fraction of sp³-hybridized carbons (Fsp3) is 0.250. The number of aromatic nitrogens is 2. The molecular weight excluding hydrogens is 304 g/mol. The standard InChI is InChI=1S/C16H16N2O3.ClH/c1-10-16-13(5-7-17-10)12-4-3-11(21-2)9-14(12)18(16)8-6-15(19)20;/h3-5,7,9H,6,8H2,1-2H3,(H,19,20);1H. The topological polar surface area (TPSA) is 64.4 Å². The van der Waals surface area contributed by atoms with Gasteiger partial charge in [0.2, 0.25) is 0 Å². The summed E-state index contributed by atoms with van der Waals surface area (Å²) in [6.07, 6.45) is 1.85. The number of rotatable bonds is 4. The largest absolute Gasteiger partial charge is 0.497 e. The molecule has 0 aliphatic carbocycles. The number of pyridine rings is 1. The van der Waals surface area contributed by atoms with Crippen LogP contribution in [0.5, 0.6) is 5.75 Å². The monoisotopic (exact) mass is 320 g/mol. The summed E-state index contributed by atoms with van der Waals surface area (Å²) in [5, 5.41) is 11.1. The molecule has 0 aliphatic heterocycles. The number of hydrogen-bond acceptors (Lipinski definition) is 3. The van der Waals surface area contributed by atoms with Crippen molar-refractivity contribution in [1.82, 2.24) is 9.55 Å². The summed E-state index contributed by atoms with van der Waals surface area (Å²) in [6, 6.07) is 7.83. The van der Waals surface area contributed by atoms with Crippen molar-refractivity contribution in [2.24, 2.45) is 0 Å². The molecule has 0 saturated carbocycles. The summed E-state index contributed by atoms with van der Waals surface area (Å²) < 4.78 is 7.30. The number of halogens is 1. The molecule has 5 nitrogen and oxygen atoms in total. The molecule has 0 unspecified atom stereocenters. The Morgan fingerprint density at radius 1 is 1.32 bits per heavy atom. The van der Waals surface area contributed by atoms with Crippen LogP contribution in [-0.4, -0.2) is 27.7 Å². The summed E-state index contributed by atoms with van der Waals surface area (Å²) in [5.41, 5.74) is 2.86. The van der Waals surface area contributed by atoms with Crippen molar-refractivity contribution in [3.8, 4) is 5.75 Å². The van der Waals surface area contributed by atoms with Gasteiger partial charge in [-0.2, -0.15) is 0 Å². The SMILES string of the molecule is COc1ccc2c3ccnc(C)c3n(CCC(=O)O)c2c1.Cl. The van der Waals surface area contributed by atoms with Crippen LogP contribution in [-0.2, 0) is 11.3 Å². The highest BCUT2D eigenvalue weighted by Crippen LogP contribution is 2.32. The number of carboxylic acids is 1. The number of nitrogens with zero attached hydrogens (tertiary/aromatic N) is 2. The van der Waals surface area contributed by atoms with E-state index in [1.165, 1.54) is 0 Å². The predicted octanol–water partition coefficient (Wildman–Crippen LogP) is 3.40. The second kappa shape index (κ2) is 6.23. The van der Waals surface area contributed by atoms with E-state index >= 15 is 0 Å². The molecule has 0 spiro atoms. The Hall–Kier alpha value is -2.27. The van der Waals surface area contributed by atoms with Crippen molar-refractivity contribution >= 4 is 40.2 Å². The zero-order valence-electron chi connectivity index (χ0n) is 12.4. The van der Waals surface area contributed by atoms with Gasteiger partial charge in [0.15, 0.2) is 0 Å². The van der Waals surface area contributed by atoms with Crippen molar-refractivity contribution in [2.75, 3.05) is 7.11 Å². The average Bonchev–Trinajstić information content (AvgIpc) is 2.79. The van der Waals surface area contributed by atoms with Crippen LogP contribution in [0.1, 0.15) is 12.1 Å². The van der Waals surface area contributed by atoms with E-state index in [1.807, 2.05) is 35.8 Å². The third-order valence-electron chi connectivity index (χ3n) is 3.71. The van der Waals surface area contributed by atoms with E-state index in [2.05, 4.69) is 4.98 Å². The summed E-state index contributed by atoms with van der Waals surface area (Å²) >= 11 is 0. The lowest BCUT2D eigenvalue weighted by atomic mass is 10.1. The minimum Gasteiger partial charge on any atom is -0.497 e. The Morgan fingerprint density at radius 2 is 2.09 bits per heavy atom. The van der Waals surface area contributed by atoms with Crippen LogP contribution in [0, 0.1) is 6.92 Å². The zero-order valence-corrected chi connectivity index (χ0v) is 13.2. The Morgan fingerprint density at radius 3 is 2.77 bits per heavy atom. The highest BCUT2D eigenvalue weighted by molar-refractivity contribution is 6.09. The van der Waals surface area contributed by atoms with Crippen LogP contribution < -0.4 is 4.74 Å².